The monoisotopic (exact) mass is 933 g/mol. The quantitative estimate of drug-likeness (QED) is 0.0212. The average Bonchev–Trinajstić information content (AvgIpc) is 3.83. The molecule has 17 heteroatoms. The Balaban J connectivity index is 1.39. The number of ether oxygens (including phenoxy) is 3. The number of nitrogens with zero attached hydrogens (tertiary/aromatic N) is 8. The van der Waals surface area contributed by atoms with Gasteiger partial charge < -0.3 is 28.7 Å². The molecule has 0 amide bonds. The summed E-state index contributed by atoms with van der Waals surface area (Å²) in [5, 5.41) is 19.4. The molecule has 0 saturated carbocycles. The molecule has 0 fully saturated rings. The lowest BCUT2D eigenvalue weighted by Gasteiger charge is -2.29. The first kappa shape index (κ1) is 50.5. The molecule has 346 valence electrons. The molecular formula is C47H66FN8O5S2Si+. The van der Waals surface area contributed by atoms with Crippen molar-refractivity contribution in [1.82, 2.24) is 24.6 Å². The summed E-state index contributed by atoms with van der Waals surface area (Å²) >= 11 is 2.99. The first-order valence-corrected chi connectivity index (χ1v) is 27.3. The number of carbonyl (C=O) groups excluding carboxylic acids is 1. The molecular weight excluding hydrogens is 868 g/mol. The van der Waals surface area contributed by atoms with Crippen LogP contribution in [0.4, 0.5) is 21.2 Å². The fourth-order valence-corrected chi connectivity index (χ4v) is 9.66. The van der Waals surface area contributed by atoms with E-state index in [1.54, 1.807) is 23.5 Å². The van der Waals surface area contributed by atoms with Crippen molar-refractivity contribution in [3.05, 3.63) is 80.8 Å². The second-order valence-corrected chi connectivity index (χ2v) is 25.7. The largest absolute Gasteiger partial charge is 0.491 e. The smallest absolute Gasteiger partial charge is 0.357 e. The number of esters is 1. The number of para-hydroxylation sites is 1. The molecule has 1 N–H and O–H groups in total. The standard InChI is InChI=1S/C47H66FN8O5S2Si/c1-35-32-42(51-52-44(35)50-47-55(34-60-30-31-64(7,8)9)38-19-11-12-20-40(38)62-47)54(25-13-10-14-26-56(4,5)27-17-28-57)46-49-43(45(58)59-6)41(63-46)21-16-29-61-39-23-22-36(33-37(39)48)18-15-24-53(2)3/h11-12,19-20,22-23,32-33,57H,10,13-14,16-17,21,24-31,34H2,1-9H3/q+1. The van der Waals surface area contributed by atoms with Gasteiger partial charge in [-0.3, -0.25) is 9.47 Å². The van der Waals surface area contributed by atoms with Crippen molar-refractivity contribution in [3.8, 4) is 17.6 Å². The number of quaternary nitrogens is 1. The Labute approximate surface area is 387 Å². The molecule has 13 nitrogen and oxygen atoms in total. The van der Waals surface area contributed by atoms with E-state index >= 15 is 0 Å². The number of hydrogen-bond acceptors (Lipinski definition) is 13. The minimum Gasteiger partial charge on any atom is -0.491 e. The lowest BCUT2D eigenvalue weighted by atomic mass is 10.2. The number of aromatic nitrogens is 4. The SMILES string of the molecule is COC(=O)c1nc(N(CCCCC[N+](C)(C)CCCO)c2cc(C)c(N=c3sc4ccccc4n3COCC[Si](C)(C)C)nn2)sc1CCCOc1ccc(C#CCN(C)C)cc1F. The third-order valence-electron chi connectivity index (χ3n) is 10.5. The van der Waals surface area contributed by atoms with Gasteiger partial charge in [0.2, 0.25) is 0 Å². The van der Waals surface area contributed by atoms with Crippen LogP contribution in [0.5, 0.6) is 5.75 Å². The number of aliphatic hydroxyl groups excluding tert-OH is 1. The van der Waals surface area contributed by atoms with Gasteiger partial charge in [-0.15, -0.1) is 21.5 Å². The van der Waals surface area contributed by atoms with Crippen LogP contribution in [0.2, 0.25) is 25.7 Å². The number of hydrogen-bond donors (Lipinski definition) is 1. The summed E-state index contributed by atoms with van der Waals surface area (Å²) in [6.45, 7) is 13.6. The number of anilines is 2. The van der Waals surface area contributed by atoms with Crippen LogP contribution in [0.15, 0.2) is 53.5 Å². The predicted molar refractivity (Wildman–Crippen MR) is 259 cm³/mol. The van der Waals surface area contributed by atoms with E-state index in [9.17, 15) is 14.3 Å². The summed E-state index contributed by atoms with van der Waals surface area (Å²) < 4.78 is 36.2. The second-order valence-electron chi connectivity index (χ2n) is 18.0. The molecule has 0 radical (unpaired) electrons. The van der Waals surface area contributed by atoms with E-state index in [1.165, 1.54) is 24.5 Å². The number of aliphatic hydroxyl groups is 1. The van der Waals surface area contributed by atoms with E-state index in [-0.39, 0.29) is 24.7 Å². The van der Waals surface area contributed by atoms with Gasteiger partial charge in [-0.1, -0.05) is 55.0 Å². The molecule has 64 heavy (non-hydrogen) atoms. The zero-order chi connectivity index (χ0) is 46.3. The number of carbonyl (C=O) groups is 1. The molecule has 0 aliphatic heterocycles. The zero-order valence-electron chi connectivity index (χ0n) is 39.1. The summed E-state index contributed by atoms with van der Waals surface area (Å²) in [6, 6.07) is 16.0. The Kier molecular flexibility index (Phi) is 19.0. The van der Waals surface area contributed by atoms with Gasteiger partial charge in [-0.05, 0) is 101 Å². The highest BCUT2D eigenvalue weighted by molar-refractivity contribution is 7.16. The third kappa shape index (κ3) is 15.3. The number of halogens is 1. The fourth-order valence-electron chi connectivity index (χ4n) is 6.76. The van der Waals surface area contributed by atoms with Crippen LogP contribution >= 0.6 is 22.7 Å². The second kappa shape index (κ2) is 24.1. The Morgan fingerprint density at radius 1 is 1.00 bits per heavy atom. The van der Waals surface area contributed by atoms with E-state index < -0.39 is 19.9 Å². The Morgan fingerprint density at radius 3 is 2.50 bits per heavy atom. The van der Waals surface area contributed by atoms with Gasteiger partial charge in [0.05, 0.1) is 57.7 Å². The summed E-state index contributed by atoms with van der Waals surface area (Å²) in [6.07, 6.45) is 4.56. The molecule has 0 aliphatic carbocycles. The molecule has 3 heterocycles. The lowest BCUT2D eigenvalue weighted by Crippen LogP contribution is -2.41. The number of methoxy groups -OCH3 is 1. The molecule has 0 bridgehead atoms. The molecule has 2 aromatic carbocycles. The van der Waals surface area contributed by atoms with Gasteiger partial charge in [0.1, 0.15) is 6.73 Å². The van der Waals surface area contributed by atoms with Crippen molar-refractivity contribution in [3.63, 3.8) is 0 Å². The molecule has 0 atom stereocenters. The molecule has 5 rings (SSSR count). The maximum Gasteiger partial charge on any atom is 0.357 e. The van der Waals surface area contributed by atoms with Gasteiger partial charge in [-0.2, -0.15) is 4.99 Å². The van der Waals surface area contributed by atoms with Gasteiger partial charge >= 0.3 is 5.97 Å². The van der Waals surface area contributed by atoms with E-state index in [0.717, 1.165) is 74.8 Å². The van der Waals surface area contributed by atoms with Gasteiger partial charge in [0, 0.05) is 44.7 Å². The molecule has 0 spiro atoms. The highest BCUT2D eigenvalue weighted by Gasteiger charge is 2.25. The summed E-state index contributed by atoms with van der Waals surface area (Å²) in [5.74, 6) is 6.24. The van der Waals surface area contributed by atoms with Crippen LogP contribution in [0.1, 0.15) is 58.6 Å². The maximum absolute atomic E-state index is 14.9. The number of rotatable bonds is 24. The first-order valence-electron chi connectivity index (χ1n) is 22.0. The lowest BCUT2D eigenvalue weighted by molar-refractivity contribution is -0.890. The molecule has 0 unspecified atom stereocenters. The molecule has 3 aromatic heterocycles. The maximum atomic E-state index is 14.9. The fraction of sp³-hybridized carbons (Fsp3) is 0.511. The van der Waals surface area contributed by atoms with E-state index in [1.807, 2.05) is 49.0 Å². The zero-order valence-corrected chi connectivity index (χ0v) is 41.7. The topological polar surface area (TPSA) is 127 Å². The number of thiazole rings is 2. The summed E-state index contributed by atoms with van der Waals surface area (Å²) in [5.41, 5.74) is 2.71. The van der Waals surface area contributed by atoms with Crippen LogP contribution in [0.3, 0.4) is 0 Å². The minimum absolute atomic E-state index is 0.148. The van der Waals surface area contributed by atoms with Crippen molar-refractivity contribution >= 4 is 63.7 Å². The van der Waals surface area contributed by atoms with Crippen molar-refractivity contribution in [1.29, 1.82) is 0 Å². The minimum atomic E-state index is -1.25. The summed E-state index contributed by atoms with van der Waals surface area (Å²) in [7, 11) is 8.34. The van der Waals surface area contributed by atoms with Crippen molar-refractivity contribution in [2.75, 3.05) is 86.2 Å². The van der Waals surface area contributed by atoms with E-state index in [2.05, 4.69) is 67.4 Å². The number of aryl methyl sites for hydroxylation is 2. The number of unbranched alkanes of at least 4 members (excludes halogenated alkanes) is 2. The Morgan fingerprint density at radius 2 is 1.78 bits per heavy atom. The molecule has 0 saturated heterocycles. The summed E-state index contributed by atoms with van der Waals surface area (Å²) in [4.78, 5) is 28.5. The predicted octanol–water partition coefficient (Wildman–Crippen LogP) is 8.42. The Bertz CT molecular complexity index is 2440. The van der Waals surface area contributed by atoms with Crippen LogP contribution in [-0.4, -0.2) is 130 Å². The number of benzene rings is 2. The highest BCUT2D eigenvalue weighted by atomic mass is 32.1. The highest BCUT2D eigenvalue weighted by Crippen LogP contribution is 2.34. The van der Waals surface area contributed by atoms with Gasteiger partial charge in [0.25, 0.3) is 0 Å². The van der Waals surface area contributed by atoms with Crippen molar-refractivity contribution < 1.29 is 33.0 Å². The van der Waals surface area contributed by atoms with Crippen LogP contribution in [0, 0.1) is 24.6 Å². The van der Waals surface area contributed by atoms with Gasteiger partial charge in [0.15, 0.2) is 38.8 Å². The first-order chi connectivity index (χ1) is 30.6. The Hall–Kier alpha value is -4.54. The van der Waals surface area contributed by atoms with Crippen LogP contribution in [0.25, 0.3) is 10.2 Å². The number of fused-ring (bicyclic) bond motifs is 1. The average molecular weight is 934 g/mol. The van der Waals surface area contributed by atoms with E-state index in [4.69, 9.17) is 29.3 Å². The van der Waals surface area contributed by atoms with Crippen molar-refractivity contribution in [2.45, 2.75) is 77.9 Å². The van der Waals surface area contributed by atoms with Crippen LogP contribution < -0.4 is 14.4 Å². The van der Waals surface area contributed by atoms with Crippen molar-refractivity contribution in [2.24, 2.45) is 4.99 Å². The van der Waals surface area contributed by atoms with Crippen LogP contribution in [-0.2, 0) is 22.6 Å². The third-order valence-corrected chi connectivity index (χ3v) is 14.4. The van der Waals surface area contributed by atoms with Gasteiger partial charge in [-0.25, -0.2) is 14.2 Å². The molecule has 0 aliphatic rings. The normalized spacial score (nSPS) is 12.2. The van der Waals surface area contributed by atoms with E-state index in [0.29, 0.717) is 61.6 Å². The molecule has 5 aromatic rings.